The maximum Gasteiger partial charge on any atom is 0.414 e. The SMILES string of the molecule is O=C(NCCc1cccnc1)Oc1cc(-c2ccccc2)on1. The van der Waals surface area contributed by atoms with Gasteiger partial charge in [-0.15, -0.1) is 0 Å². The fourth-order valence-electron chi connectivity index (χ4n) is 2.03. The third kappa shape index (κ3) is 4.16. The van der Waals surface area contributed by atoms with E-state index in [0.717, 1.165) is 11.1 Å². The number of nitrogens with one attached hydrogen (secondary N) is 1. The molecule has 0 radical (unpaired) electrons. The summed E-state index contributed by atoms with van der Waals surface area (Å²) in [5.41, 5.74) is 1.91. The Morgan fingerprint density at radius 3 is 2.83 bits per heavy atom. The van der Waals surface area contributed by atoms with Crippen molar-refractivity contribution in [3.8, 4) is 17.2 Å². The Morgan fingerprint density at radius 1 is 1.17 bits per heavy atom. The van der Waals surface area contributed by atoms with E-state index in [-0.39, 0.29) is 5.88 Å². The molecule has 1 aromatic carbocycles. The van der Waals surface area contributed by atoms with Gasteiger partial charge in [-0.25, -0.2) is 4.79 Å². The van der Waals surface area contributed by atoms with Crippen molar-refractivity contribution in [3.63, 3.8) is 0 Å². The summed E-state index contributed by atoms with van der Waals surface area (Å²) in [7, 11) is 0. The van der Waals surface area contributed by atoms with Gasteiger partial charge < -0.3 is 14.6 Å². The quantitative estimate of drug-likeness (QED) is 0.783. The van der Waals surface area contributed by atoms with Crippen molar-refractivity contribution >= 4 is 6.09 Å². The highest BCUT2D eigenvalue weighted by atomic mass is 16.6. The van der Waals surface area contributed by atoms with Crippen LogP contribution in [0, 0.1) is 0 Å². The van der Waals surface area contributed by atoms with Crippen molar-refractivity contribution in [1.82, 2.24) is 15.5 Å². The first-order valence-corrected chi connectivity index (χ1v) is 7.18. The molecule has 3 rings (SSSR count). The van der Waals surface area contributed by atoms with Gasteiger partial charge in [0.2, 0.25) is 0 Å². The van der Waals surface area contributed by atoms with Gasteiger partial charge in [-0.1, -0.05) is 36.4 Å². The molecule has 0 aliphatic heterocycles. The number of hydrogen-bond donors (Lipinski definition) is 1. The number of amides is 1. The van der Waals surface area contributed by atoms with Gasteiger partial charge in [-0.05, 0) is 23.2 Å². The van der Waals surface area contributed by atoms with Crippen LogP contribution in [-0.2, 0) is 6.42 Å². The highest BCUT2D eigenvalue weighted by Crippen LogP contribution is 2.23. The highest BCUT2D eigenvalue weighted by molar-refractivity contribution is 5.70. The van der Waals surface area contributed by atoms with Crippen LogP contribution in [0.2, 0.25) is 0 Å². The van der Waals surface area contributed by atoms with Crippen LogP contribution in [0.25, 0.3) is 11.3 Å². The number of carbonyl (C=O) groups is 1. The van der Waals surface area contributed by atoms with Crippen LogP contribution in [0.4, 0.5) is 4.79 Å². The lowest BCUT2D eigenvalue weighted by Crippen LogP contribution is -2.28. The molecule has 6 nitrogen and oxygen atoms in total. The van der Waals surface area contributed by atoms with Gasteiger partial charge in [0.1, 0.15) is 0 Å². The fraction of sp³-hybridized carbons (Fsp3) is 0.118. The predicted octanol–water partition coefficient (Wildman–Crippen LogP) is 3.07. The molecule has 0 unspecified atom stereocenters. The lowest BCUT2D eigenvalue weighted by molar-refractivity contribution is 0.196. The Kier molecular flexibility index (Phi) is 4.63. The topological polar surface area (TPSA) is 77.2 Å². The molecular formula is C17H15N3O3. The second-order valence-electron chi connectivity index (χ2n) is 4.82. The Hall–Kier alpha value is -3.15. The largest absolute Gasteiger partial charge is 0.414 e. The molecule has 0 fully saturated rings. The number of nitrogens with zero attached hydrogens (tertiary/aromatic N) is 2. The summed E-state index contributed by atoms with van der Waals surface area (Å²) in [5, 5.41) is 6.39. The first-order chi connectivity index (χ1) is 11.3. The Labute approximate surface area is 133 Å². The molecule has 0 aliphatic carbocycles. The van der Waals surface area contributed by atoms with Crippen molar-refractivity contribution in [2.45, 2.75) is 6.42 Å². The Morgan fingerprint density at radius 2 is 2.04 bits per heavy atom. The molecule has 3 aromatic rings. The number of benzene rings is 1. The normalized spacial score (nSPS) is 10.3. The van der Waals surface area contributed by atoms with Crippen LogP contribution in [0.5, 0.6) is 5.88 Å². The summed E-state index contributed by atoms with van der Waals surface area (Å²) in [4.78, 5) is 15.7. The van der Waals surface area contributed by atoms with Gasteiger partial charge in [0.15, 0.2) is 5.76 Å². The molecule has 2 heterocycles. The summed E-state index contributed by atoms with van der Waals surface area (Å²) in [5.74, 6) is 0.673. The van der Waals surface area contributed by atoms with Crippen molar-refractivity contribution in [1.29, 1.82) is 0 Å². The number of pyridine rings is 1. The van der Waals surface area contributed by atoms with Gasteiger partial charge in [0.25, 0.3) is 5.88 Å². The first-order valence-electron chi connectivity index (χ1n) is 7.18. The Bertz CT molecular complexity index is 757. The zero-order valence-corrected chi connectivity index (χ0v) is 12.3. The predicted molar refractivity (Wildman–Crippen MR) is 83.9 cm³/mol. The van der Waals surface area contributed by atoms with E-state index in [4.69, 9.17) is 9.26 Å². The summed E-state index contributed by atoms with van der Waals surface area (Å²) in [6, 6.07) is 14.9. The van der Waals surface area contributed by atoms with Crippen molar-refractivity contribution < 1.29 is 14.1 Å². The molecule has 23 heavy (non-hydrogen) atoms. The second kappa shape index (κ2) is 7.22. The maximum atomic E-state index is 11.7. The van der Waals surface area contributed by atoms with E-state index in [1.165, 1.54) is 0 Å². The van der Waals surface area contributed by atoms with E-state index in [1.54, 1.807) is 18.5 Å². The minimum absolute atomic E-state index is 0.128. The molecule has 1 N–H and O–H groups in total. The fourth-order valence-corrected chi connectivity index (χ4v) is 2.03. The number of aromatic nitrogens is 2. The average molecular weight is 309 g/mol. The van der Waals surface area contributed by atoms with Crippen molar-refractivity contribution in [2.24, 2.45) is 0 Å². The Balaban J connectivity index is 1.49. The van der Waals surface area contributed by atoms with E-state index in [2.05, 4.69) is 15.5 Å². The lowest BCUT2D eigenvalue weighted by Gasteiger charge is -2.03. The second-order valence-corrected chi connectivity index (χ2v) is 4.82. The van der Waals surface area contributed by atoms with Gasteiger partial charge >= 0.3 is 6.09 Å². The third-order valence-corrected chi connectivity index (χ3v) is 3.15. The molecule has 2 aromatic heterocycles. The molecule has 0 bridgehead atoms. The summed E-state index contributed by atoms with van der Waals surface area (Å²) in [6.07, 6.45) is 3.58. The standard InChI is InChI=1S/C17H15N3O3/c21-17(19-10-8-13-5-4-9-18-12-13)22-16-11-15(23-20-16)14-6-2-1-3-7-14/h1-7,9,11-12H,8,10H2,(H,19,21). The molecule has 0 saturated heterocycles. The maximum absolute atomic E-state index is 11.7. The van der Waals surface area contributed by atoms with E-state index < -0.39 is 6.09 Å². The third-order valence-electron chi connectivity index (χ3n) is 3.15. The minimum atomic E-state index is -0.568. The van der Waals surface area contributed by atoms with Crippen molar-refractivity contribution in [2.75, 3.05) is 6.54 Å². The van der Waals surface area contributed by atoms with E-state index in [0.29, 0.717) is 18.7 Å². The summed E-state index contributed by atoms with van der Waals surface area (Å²) in [6.45, 7) is 0.452. The van der Waals surface area contributed by atoms with Gasteiger partial charge in [-0.2, -0.15) is 0 Å². The minimum Gasteiger partial charge on any atom is -0.388 e. The van der Waals surface area contributed by atoms with Crippen LogP contribution < -0.4 is 10.1 Å². The van der Waals surface area contributed by atoms with Crippen LogP contribution in [0.3, 0.4) is 0 Å². The molecule has 0 atom stereocenters. The lowest BCUT2D eigenvalue weighted by atomic mass is 10.2. The zero-order valence-electron chi connectivity index (χ0n) is 12.3. The highest BCUT2D eigenvalue weighted by Gasteiger charge is 2.11. The van der Waals surface area contributed by atoms with Gasteiger partial charge in [0.05, 0.1) is 6.07 Å². The summed E-state index contributed by atoms with van der Waals surface area (Å²) >= 11 is 0. The van der Waals surface area contributed by atoms with Crippen LogP contribution in [0.15, 0.2) is 65.4 Å². The van der Waals surface area contributed by atoms with Crippen LogP contribution in [-0.4, -0.2) is 22.8 Å². The smallest absolute Gasteiger partial charge is 0.388 e. The molecular weight excluding hydrogens is 294 g/mol. The number of carbonyl (C=O) groups excluding carboxylic acids is 1. The monoisotopic (exact) mass is 309 g/mol. The first kappa shape index (κ1) is 14.8. The van der Waals surface area contributed by atoms with Crippen LogP contribution in [0.1, 0.15) is 5.56 Å². The molecule has 6 heteroatoms. The molecule has 0 spiro atoms. The average Bonchev–Trinajstić information content (AvgIpc) is 3.05. The zero-order chi connectivity index (χ0) is 15.9. The van der Waals surface area contributed by atoms with E-state index in [9.17, 15) is 4.79 Å². The van der Waals surface area contributed by atoms with E-state index >= 15 is 0 Å². The van der Waals surface area contributed by atoms with Gasteiger partial charge in [0, 0.05) is 24.5 Å². The molecule has 0 saturated carbocycles. The van der Waals surface area contributed by atoms with E-state index in [1.807, 2.05) is 42.5 Å². The van der Waals surface area contributed by atoms with Crippen molar-refractivity contribution in [3.05, 3.63) is 66.5 Å². The van der Waals surface area contributed by atoms with Gasteiger partial charge in [-0.3, -0.25) is 4.98 Å². The summed E-state index contributed by atoms with van der Waals surface area (Å²) < 4.78 is 10.2. The molecule has 116 valence electrons. The number of hydrogen-bond acceptors (Lipinski definition) is 5. The molecule has 0 aliphatic rings. The molecule has 1 amide bonds. The van der Waals surface area contributed by atoms with Crippen LogP contribution >= 0.6 is 0 Å². The number of rotatable bonds is 5. The number of ether oxygens (including phenoxy) is 1.